The molecule has 0 aromatic rings. The van der Waals surface area contributed by atoms with Crippen LogP contribution in [0.5, 0.6) is 0 Å². The van der Waals surface area contributed by atoms with E-state index >= 15 is 0 Å². The lowest BCUT2D eigenvalue weighted by molar-refractivity contribution is -0.143. The van der Waals surface area contributed by atoms with Crippen molar-refractivity contribution in [3.05, 3.63) is 12.2 Å². The molecular formula is C8H15NO2. The van der Waals surface area contributed by atoms with Crippen LogP contribution in [0.2, 0.25) is 0 Å². The van der Waals surface area contributed by atoms with Crippen LogP contribution in [-0.4, -0.2) is 12.7 Å². The summed E-state index contributed by atoms with van der Waals surface area (Å²) in [6.45, 7) is 2.03. The second kappa shape index (κ2) is 7.28. The SMILES string of the molecule is CC/C=C\CCC(=O)OCN. The Bertz CT molecular complexity index is 132. The van der Waals surface area contributed by atoms with Crippen molar-refractivity contribution in [3.63, 3.8) is 0 Å². The summed E-state index contributed by atoms with van der Waals surface area (Å²) in [7, 11) is 0. The standard InChI is InChI=1S/C8H15NO2/c1-2-3-4-5-6-8(10)11-7-9/h3-4H,2,5-7,9H2,1H3/b4-3-. The van der Waals surface area contributed by atoms with Crippen molar-refractivity contribution in [2.75, 3.05) is 6.73 Å². The highest BCUT2D eigenvalue weighted by Crippen LogP contribution is 1.94. The predicted octanol–water partition coefficient (Wildman–Crippen LogP) is 1.19. The minimum atomic E-state index is -0.228. The van der Waals surface area contributed by atoms with Gasteiger partial charge in [0, 0.05) is 6.42 Å². The van der Waals surface area contributed by atoms with Gasteiger partial charge in [-0.05, 0) is 12.8 Å². The molecule has 3 heteroatoms. The molecule has 0 saturated heterocycles. The van der Waals surface area contributed by atoms with Gasteiger partial charge in [0.2, 0.25) is 0 Å². The van der Waals surface area contributed by atoms with Gasteiger partial charge in [-0.2, -0.15) is 0 Å². The highest BCUT2D eigenvalue weighted by atomic mass is 16.5. The summed E-state index contributed by atoms with van der Waals surface area (Å²) in [6.07, 6.45) is 6.17. The minimum absolute atomic E-state index is 0.0175. The highest BCUT2D eigenvalue weighted by molar-refractivity contribution is 5.69. The Balaban J connectivity index is 3.24. The van der Waals surface area contributed by atoms with Gasteiger partial charge in [0.15, 0.2) is 0 Å². The Hall–Kier alpha value is -0.830. The molecule has 0 unspecified atom stereocenters. The van der Waals surface area contributed by atoms with E-state index in [4.69, 9.17) is 5.73 Å². The molecule has 0 aromatic carbocycles. The third-order valence-electron chi connectivity index (χ3n) is 1.16. The molecule has 0 aliphatic rings. The van der Waals surface area contributed by atoms with Crippen LogP contribution in [0.1, 0.15) is 26.2 Å². The van der Waals surface area contributed by atoms with Crippen molar-refractivity contribution in [2.45, 2.75) is 26.2 Å². The molecule has 11 heavy (non-hydrogen) atoms. The molecule has 0 aliphatic heterocycles. The second-order valence-electron chi connectivity index (χ2n) is 2.10. The number of rotatable bonds is 5. The van der Waals surface area contributed by atoms with Crippen LogP contribution in [0.15, 0.2) is 12.2 Å². The van der Waals surface area contributed by atoms with Crippen LogP contribution in [-0.2, 0) is 9.53 Å². The maximum absolute atomic E-state index is 10.7. The summed E-state index contributed by atoms with van der Waals surface area (Å²) in [5, 5.41) is 0. The van der Waals surface area contributed by atoms with Crippen molar-refractivity contribution in [1.29, 1.82) is 0 Å². The first-order chi connectivity index (χ1) is 5.31. The number of hydrogen-bond donors (Lipinski definition) is 1. The van der Waals surface area contributed by atoms with E-state index in [-0.39, 0.29) is 12.7 Å². The normalized spacial score (nSPS) is 10.4. The first-order valence-corrected chi connectivity index (χ1v) is 3.82. The molecule has 64 valence electrons. The zero-order valence-corrected chi connectivity index (χ0v) is 6.88. The monoisotopic (exact) mass is 157 g/mol. The molecule has 0 aromatic heterocycles. The minimum Gasteiger partial charge on any atom is -0.450 e. The second-order valence-corrected chi connectivity index (χ2v) is 2.10. The fourth-order valence-corrected chi connectivity index (χ4v) is 0.651. The Morgan fingerprint density at radius 2 is 2.27 bits per heavy atom. The van der Waals surface area contributed by atoms with Crippen molar-refractivity contribution in [1.82, 2.24) is 0 Å². The van der Waals surface area contributed by atoms with Crippen molar-refractivity contribution in [2.24, 2.45) is 5.73 Å². The van der Waals surface area contributed by atoms with Crippen molar-refractivity contribution < 1.29 is 9.53 Å². The number of esters is 1. The Kier molecular flexibility index (Phi) is 6.73. The molecule has 0 fully saturated rings. The summed E-state index contributed by atoms with van der Waals surface area (Å²) in [4.78, 5) is 10.7. The molecule has 0 spiro atoms. The smallest absolute Gasteiger partial charge is 0.307 e. The summed E-state index contributed by atoms with van der Waals surface area (Å²) in [6, 6.07) is 0. The molecule has 0 heterocycles. The molecule has 0 saturated carbocycles. The Morgan fingerprint density at radius 3 is 2.82 bits per heavy atom. The van der Waals surface area contributed by atoms with Gasteiger partial charge in [-0.1, -0.05) is 19.1 Å². The quantitative estimate of drug-likeness (QED) is 0.370. The van der Waals surface area contributed by atoms with E-state index in [0.717, 1.165) is 12.8 Å². The number of hydrogen-bond acceptors (Lipinski definition) is 3. The molecule has 2 N–H and O–H groups in total. The lowest BCUT2D eigenvalue weighted by Crippen LogP contribution is -2.11. The van der Waals surface area contributed by atoms with Crippen LogP contribution in [0.4, 0.5) is 0 Å². The number of carbonyl (C=O) groups excluding carboxylic acids is 1. The average molecular weight is 157 g/mol. The van der Waals surface area contributed by atoms with Crippen molar-refractivity contribution in [3.8, 4) is 0 Å². The summed E-state index contributed by atoms with van der Waals surface area (Å²) >= 11 is 0. The van der Waals surface area contributed by atoms with Gasteiger partial charge in [-0.15, -0.1) is 0 Å². The number of nitrogens with two attached hydrogens (primary N) is 1. The van der Waals surface area contributed by atoms with E-state index in [2.05, 4.69) is 11.7 Å². The van der Waals surface area contributed by atoms with Gasteiger partial charge in [-0.25, -0.2) is 0 Å². The molecule has 3 nitrogen and oxygen atoms in total. The fraction of sp³-hybridized carbons (Fsp3) is 0.625. The Labute approximate surface area is 67.2 Å². The molecule has 0 bridgehead atoms. The molecule has 0 atom stereocenters. The van der Waals surface area contributed by atoms with Gasteiger partial charge < -0.3 is 4.74 Å². The summed E-state index contributed by atoms with van der Waals surface area (Å²) < 4.78 is 4.53. The van der Waals surface area contributed by atoms with Gasteiger partial charge in [0.25, 0.3) is 0 Å². The molecule has 0 rings (SSSR count). The van der Waals surface area contributed by atoms with Crippen LogP contribution >= 0.6 is 0 Å². The number of carbonyl (C=O) groups is 1. The van der Waals surface area contributed by atoms with Crippen LogP contribution in [0.25, 0.3) is 0 Å². The maximum atomic E-state index is 10.7. The van der Waals surface area contributed by atoms with Gasteiger partial charge in [0.1, 0.15) is 6.73 Å². The molecule has 0 amide bonds. The summed E-state index contributed by atoms with van der Waals surface area (Å²) in [5.74, 6) is -0.228. The van der Waals surface area contributed by atoms with Crippen LogP contribution in [0, 0.1) is 0 Å². The van der Waals surface area contributed by atoms with Crippen LogP contribution in [0.3, 0.4) is 0 Å². The largest absolute Gasteiger partial charge is 0.450 e. The van der Waals surface area contributed by atoms with Gasteiger partial charge >= 0.3 is 5.97 Å². The van der Waals surface area contributed by atoms with Gasteiger partial charge in [-0.3, -0.25) is 10.5 Å². The van der Waals surface area contributed by atoms with E-state index in [0.29, 0.717) is 6.42 Å². The maximum Gasteiger partial charge on any atom is 0.307 e. The van der Waals surface area contributed by atoms with Crippen LogP contribution < -0.4 is 5.73 Å². The van der Waals surface area contributed by atoms with Crippen molar-refractivity contribution >= 4 is 5.97 Å². The highest BCUT2D eigenvalue weighted by Gasteiger charge is 1.97. The third kappa shape index (κ3) is 7.06. The third-order valence-corrected chi connectivity index (χ3v) is 1.16. The molecule has 0 aliphatic carbocycles. The summed E-state index contributed by atoms with van der Waals surface area (Å²) in [5.41, 5.74) is 5.00. The lowest BCUT2D eigenvalue weighted by Gasteiger charge is -1.97. The van der Waals surface area contributed by atoms with Gasteiger partial charge in [0.05, 0.1) is 0 Å². The van der Waals surface area contributed by atoms with E-state index in [1.165, 1.54) is 0 Å². The lowest BCUT2D eigenvalue weighted by atomic mass is 10.3. The average Bonchev–Trinajstić information content (AvgIpc) is 1.99. The first kappa shape index (κ1) is 10.2. The number of allylic oxidation sites excluding steroid dienone is 2. The fourth-order valence-electron chi connectivity index (χ4n) is 0.651. The van der Waals surface area contributed by atoms with E-state index in [1.807, 2.05) is 12.2 Å². The Morgan fingerprint density at radius 1 is 1.55 bits per heavy atom. The molecule has 0 radical (unpaired) electrons. The molecular weight excluding hydrogens is 142 g/mol. The number of ether oxygens (including phenoxy) is 1. The van der Waals surface area contributed by atoms with E-state index < -0.39 is 0 Å². The van der Waals surface area contributed by atoms with E-state index in [9.17, 15) is 4.79 Å². The first-order valence-electron chi connectivity index (χ1n) is 3.82. The predicted molar refractivity (Wildman–Crippen MR) is 43.8 cm³/mol. The van der Waals surface area contributed by atoms with E-state index in [1.54, 1.807) is 0 Å². The zero-order chi connectivity index (χ0) is 8.53. The topological polar surface area (TPSA) is 52.3 Å². The zero-order valence-electron chi connectivity index (χ0n) is 6.88.